The Morgan fingerprint density at radius 1 is 1.09 bits per heavy atom. The van der Waals surface area contributed by atoms with Gasteiger partial charge in [0.1, 0.15) is 11.8 Å². The number of methoxy groups -OCH3 is 1. The summed E-state index contributed by atoms with van der Waals surface area (Å²) >= 11 is 6.04. The molecule has 0 saturated carbocycles. The van der Waals surface area contributed by atoms with Gasteiger partial charge in [-0.05, 0) is 36.8 Å². The number of nitrogens with zero attached hydrogens (tertiary/aromatic N) is 3. The minimum Gasteiger partial charge on any atom is -0.495 e. The lowest BCUT2D eigenvalue weighted by Crippen LogP contribution is -2.57. The number of guanidine groups is 1. The minimum absolute atomic E-state index is 0.192. The smallest absolute Gasteiger partial charge is 0.321 e. The zero-order valence-corrected chi connectivity index (χ0v) is 19.4. The summed E-state index contributed by atoms with van der Waals surface area (Å²) in [7, 11) is 1.66. The molecule has 0 aromatic heterocycles. The number of hydrogen-bond donors (Lipinski definition) is 1. The molecule has 2 heterocycles. The highest BCUT2D eigenvalue weighted by molar-refractivity contribution is 6.30. The quantitative estimate of drug-likeness (QED) is 0.534. The van der Waals surface area contributed by atoms with Gasteiger partial charge in [0.25, 0.3) is 0 Å². The van der Waals surface area contributed by atoms with Gasteiger partial charge in [0.2, 0.25) is 11.9 Å². The number of halogens is 1. The fourth-order valence-electron chi connectivity index (χ4n) is 4.18. The van der Waals surface area contributed by atoms with Gasteiger partial charge in [0, 0.05) is 31.2 Å². The number of para-hydroxylation sites is 2. The highest BCUT2D eigenvalue weighted by Crippen LogP contribution is 2.32. The van der Waals surface area contributed by atoms with Gasteiger partial charge in [-0.25, -0.2) is 4.99 Å². The largest absolute Gasteiger partial charge is 0.495 e. The van der Waals surface area contributed by atoms with Crippen molar-refractivity contribution >= 4 is 35.1 Å². The summed E-state index contributed by atoms with van der Waals surface area (Å²) in [4.78, 5) is 34.7. The molecule has 174 valence electrons. The predicted molar refractivity (Wildman–Crippen MR) is 127 cm³/mol. The summed E-state index contributed by atoms with van der Waals surface area (Å²) in [5.74, 6) is -0.747. The highest BCUT2D eigenvalue weighted by atomic mass is 35.5. The Hall–Kier alpha value is -3.26. The van der Waals surface area contributed by atoms with Crippen LogP contribution in [0.5, 0.6) is 5.75 Å². The molecule has 2 aromatic rings. The Bertz CT molecular complexity index is 1040. The molecule has 1 amide bonds. The predicted octanol–water partition coefficient (Wildman–Crippen LogP) is 2.88. The van der Waals surface area contributed by atoms with Gasteiger partial charge in [0.05, 0.1) is 19.4 Å². The summed E-state index contributed by atoms with van der Waals surface area (Å²) in [6, 6.07) is 14.3. The summed E-state index contributed by atoms with van der Waals surface area (Å²) < 4.78 is 10.7. The van der Waals surface area contributed by atoms with Crippen LogP contribution in [0.1, 0.15) is 18.5 Å². The van der Waals surface area contributed by atoms with Crippen molar-refractivity contribution in [3.8, 4) is 5.75 Å². The molecule has 2 aromatic carbocycles. The van der Waals surface area contributed by atoms with E-state index in [1.54, 1.807) is 38.3 Å². The van der Waals surface area contributed by atoms with Crippen LogP contribution in [0, 0.1) is 5.92 Å². The number of ether oxygens (including phenoxy) is 2. The van der Waals surface area contributed by atoms with Crippen LogP contribution in [0.2, 0.25) is 5.02 Å². The zero-order valence-electron chi connectivity index (χ0n) is 18.7. The van der Waals surface area contributed by atoms with Gasteiger partial charge in [-0.15, -0.1) is 0 Å². The first-order valence-corrected chi connectivity index (χ1v) is 11.3. The number of esters is 1. The molecule has 4 rings (SSSR count). The molecule has 0 aliphatic carbocycles. The Balaban J connectivity index is 1.56. The molecular formula is C24H27ClN4O4. The Morgan fingerprint density at radius 2 is 1.76 bits per heavy atom. The molecule has 8 nitrogen and oxygen atoms in total. The van der Waals surface area contributed by atoms with E-state index < -0.39 is 23.8 Å². The summed E-state index contributed by atoms with van der Waals surface area (Å²) in [5, 5.41) is 3.40. The molecule has 2 atom stereocenters. The van der Waals surface area contributed by atoms with E-state index in [9.17, 15) is 9.59 Å². The van der Waals surface area contributed by atoms with Crippen molar-refractivity contribution in [2.24, 2.45) is 10.9 Å². The maximum atomic E-state index is 13.0. The number of benzene rings is 2. The topological polar surface area (TPSA) is 83.5 Å². The first kappa shape index (κ1) is 22.9. The molecule has 2 aliphatic heterocycles. The van der Waals surface area contributed by atoms with Crippen molar-refractivity contribution in [3.05, 3.63) is 59.1 Å². The molecule has 33 heavy (non-hydrogen) atoms. The van der Waals surface area contributed by atoms with E-state index in [0.717, 1.165) is 30.1 Å². The SMILES string of the molecule is CCOC(=O)[C@H]1C(=O)NC(N2CCN(c3ccccc3OC)CC2)=N[C@@H]1c1ccc(Cl)cc1. The monoisotopic (exact) mass is 470 g/mol. The molecule has 1 fully saturated rings. The van der Waals surface area contributed by atoms with Crippen LogP contribution in [-0.4, -0.2) is 62.6 Å². The van der Waals surface area contributed by atoms with Crippen molar-refractivity contribution in [1.29, 1.82) is 0 Å². The molecule has 2 aliphatic rings. The average Bonchev–Trinajstić information content (AvgIpc) is 2.84. The second kappa shape index (κ2) is 10.1. The van der Waals surface area contributed by atoms with Gasteiger partial charge in [-0.2, -0.15) is 0 Å². The van der Waals surface area contributed by atoms with Crippen molar-refractivity contribution in [3.63, 3.8) is 0 Å². The van der Waals surface area contributed by atoms with Crippen molar-refractivity contribution < 1.29 is 19.1 Å². The lowest BCUT2D eigenvalue weighted by molar-refractivity contribution is -0.153. The number of carbonyl (C=O) groups excluding carboxylic acids is 2. The van der Waals surface area contributed by atoms with Crippen molar-refractivity contribution in [2.45, 2.75) is 13.0 Å². The van der Waals surface area contributed by atoms with Gasteiger partial charge < -0.3 is 19.3 Å². The summed E-state index contributed by atoms with van der Waals surface area (Å²) in [6.45, 7) is 4.71. The molecule has 1 saturated heterocycles. The van der Waals surface area contributed by atoms with Gasteiger partial charge in [-0.1, -0.05) is 35.9 Å². The second-order valence-corrected chi connectivity index (χ2v) is 8.25. The first-order valence-electron chi connectivity index (χ1n) is 11.0. The van der Waals surface area contributed by atoms with E-state index in [1.807, 2.05) is 29.2 Å². The van der Waals surface area contributed by atoms with Gasteiger partial charge in [0.15, 0.2) is 5.92 Å². The number of piperazine rings is 1. The van der Waals surface area contributed by atoms with Crippen LogP contribution in [0.25, 0.3) is 0 Å². The maximum absolute atomic E-state index is 13.0. The molecule has 0 spiro atoms. The van der Waals surface area contributed by atoms with Crippen LogP contribution in [0.15, 0.2) is 53.5 Å². The Labute approximate surface area is 198 Å². The van der Waals surface area contributed by atoms with Crippen LogP contribution < -0.4 is 15.0 Å². The first-order chi connectivity index (χ1) is 16.0. The average molecular weight is 471 g/mol. The fourth-order valence-corrected chi connectivity index (χ4v) is 4.30. The number of aliphatic imine (C=N–C) groups is 1. The molecule has 1 N–H and O–H groups in total. The molecule has 0 unspecified atom stereocenters. The van der Waals surface area contributed by atoms with Gasteiger partial charge >= 0.3 is 5.97 Å². The van der Waals surface area contributed by atoms with Crippen molar-refractivity contribution in [2.75, 3.05) is 44.8 Å². The number of amides is 1. The van der Waals surface area contributed by atoms with Crippen molar-refractivity contribution in [1.82, 2.24) is 10.2 Å². The van der Waals surface area contributed by atoms with E-state index in [4.69, 9.17) is 26.1 Å². The highest BCUT2D eigenvalue weighted by Gasteiger charge is 2.42. The standard InChI is InChI=1S/C24H27ClN4O4/c1-3-33-23(31)20-21(16-8-10-17(25)11-9-16)26-24(27-22(20)30)29-14-12-28(13-15-29)18-6-4-5-7-19(18)32-2/h4-11,20-21H,3,12-15H2,1-2H3,(H,26,27,30)/t20-,21-/m1/s1. The molecule has 0 radical (unpaired) electrons. The Morgan fingerprint density at radius 3 is 2.42 bits per heavy atom. The number of carbonyl (C=O) groups is 2. The number of anilines is 1. The fraction of sp³-hybridized carbons (Fsp3) is 0.375. The third kappa shape index (κ3) is 4.90. The zero-order chi connectivity index (χ0) is 23.4. The lowest BCUT2D eigenvalue weighted by Gasteiger charge is -2.40. The van der Waals surface area contributed by atoms with E-state index in [-0.39, 0.29) is 6.61 Å². The van der Waals surface area contributed by atoms with Crippen LogP contribution >= 0.6 is 11.6 Å². The third-order valence-electron chi connectivity index (χ3n) is 5.85. The second-order valence-electron chi connectivity index (χ2n) is 7.81. The van der Waals surface area contributed by atoms with E-state index >= 15 is 0 Å². The lowest BCUT2D eigenvalue weighted by atomic mass is 9.91. The minimum atomic E-state index is -1.05. The number of hydrogen-bond acceptors (Lipinski definition) is 7. The van der Waals surface area contributed by atoms with Crippen LogP contribution in [-0.2, 0) is 14.3 Å². The van der Waals surface area contributed by atoms with E-state index in [0.29, 0.717) is 24.1 Å². The Kier molecular flexibility index (Phi) is 7.03. The molecule has 0 bridgehead atoms. The summed E-state index contributed by atoms with van der Waals surface area (Å²) in [5.41, 5.74) is 1.77. The van der Waals surface area contributed by atoms with Crippen LogP contribution in [0.4, 0.5) is 5.69 Å². The molecule has 9 heteroatoms. The van der Waals surface area contributed by atoms with Crippen LogP contribution in [0.3, 0.4) is 0 Å². The maximum Gasteiger partial charge on any atom is 0.321 e. The van der Waals surface area contributed by atoms with E-state index in [2.05, 4.69) is 10.2 Å². The number of rotatable bonds is 5. The molecular weight excluding hydrogens is 444 g/mol. The third-order valence-corrected chi connectivity index (χ3v) is 6.10. The number of nitrogens with one attached hydrogen (secondary N) is 1. The summed E-state index contributed by atoms with van der Waals surface area (Å²) in [6.07, 6.45) is 0. The van der Waals surface area contributed by atoms with Gasteiger partial charge in [-0.3, -0.25) is 14.9 Å². The normalized spacial score (nSPS) is 20.7. The van der Waals surface area contributed by atoms with E-state index in [1.165, 1.54) is 0 Å².